The van der Waals surface area contributed by atoms with Crippen LogP contribution >= 0.6 is 0 Å². The number of aliphatic carboxylic acids is 1. The molecular formula is C23H18F4N8O2. The number of halogens is 4. The molecule has 5 heterocycles. The summed E-state index contributed by atoms with van der Waals surface area (Å²) in [6, 6.07) is 11.4. The van der Waals surface area contributed by atoms with Gasteiger partial charge in [-0.15, -0.1) is 0 Å². The molecular weight excluding hydrogens is 496 g/mol. The Morgan fingerprint density at radius 1 is 1.11 bits per heavy atom. The van der Waals surface area contributed by atoms with E-state index < -0.39 is 18.0 Å². The number of nitrogens with zero attached hydrogens (tertiary/aromatic N) is 6. The van der Waals surface area contributed by atoms with Crippen molar-refractivity contribution in [1.29, 1.82) is 0 Å². The molecule has 4 aromatic heterocycles. The Morgan fingerprint density at radius 3 is 2.68 bits per heavy atom. The third-order valence-corrected chi connectivity index (χ3v) is 5.54. The van der Waals surface area contributed by atoms with Crippen LogP contribution in [0.4, 0.5) is 29.2 Å². The van der Waals surface area contributed by atoms with Gasteiger partial charge in [-0.2, -0.15) is 18.2 Å². The van der Waals surface area contributed by atoms with E-state index in [2.05, 4.69) is 35.0 Å². The molecule has 0 atom stereocenters. The number of benzene rings is 1. The lowest BCUT2D eigenvalue weighted by Gasteiger charge is -2.13. The van der Waals surface area contributed by atoms with E-state index >= 15 is 0 Å². The normalized spacial score (nSPS) is 13.2. The molecule has 1 aliphatic rings. The van der Waals surface area contributed by atoms with Crippen LogP contribution in [-0.4, -0.2) is 52.7 Å². The molecule has 3 N–H and O–H groups in total. The Kier molecular flexibility index (Phi) is 6.17. The third kappa shape index (κ3) is 4.91. The van der Waals surface area contributed by atoms with Crippen molar-refractivity contribution in [2.75, 3.05) is 11.9 Å². The molecule has 0 unspecified atom stereocenters. The monoisotopic (exact) mass is 514 g/mol. The molecule has 1 aliphatic heterocycles. The van der Waals surface area contributed by atoms with Crippen molar-refractivity contribution in [1.82, 2.24) is 34.2 Å². The first-order valence-corrected chi connectivity index (χ1v) is 10.9. The number of aromatic nitrogens is 6. The SMILES string of the molecule is Fc1cnc(Nc2ccc3nc4c(n3c2)CCNC4)nc1-n1cnc2ccccc21.O=C(O)C(F)(F)F. The van der Waals surface area contributed by atoms with Crippen LogP contribution in [0, 0.1) is 5.82 Å². The van der Waals surface area contributed by atoms with Crippen molar-refractivity contribution in [3.8, 4) is 5.82 Å². The fraction of sp³-hybridized carbons (Fsp3) is 0.174. The first-order chi connectivity index (χ1) is 17.7. The van der Waals surface area contributed by atoms with Gasteiger partial charge in [0.2, 0.25) is 5.95 Å². The van der Waals surface area contributed by atoms with Gasteiger partial charge in [-0.25, -0.2) is 24.1 Å². The molecule has 5 aromatic rings. The maximum Gasteiger partial charge on any atom is 0.490 e. The number of imidazole rings is 2. The summed E-state index contributed by atoms with van der Waals surface area (Å²) in [5.74, 6) is -2.82. The van der Waals surface area contributed by atoms with E-state index in [1.807, 2.05) is 42.6 Å². The van der Waals surface area contributed by atoms with E-state index in [0.29, 0.717) is 5.95 Å². The Labute approximate surface area is 205 Å². The maximum atomic E-state index is 14.5. The van der Waals surface area contributed by atoms with Gasteiger partial charge in [0.15, 0.2) is 11.6 Å². The van der Waals surface area contributed by atoms with Gasteiger partial charge in [-0.3, -0.25) is 4.57 Å². The fourth-order valence-electron chi connectivity index (χ4n) is 3.88. The Bertz CT molecular complexity index is 1610. The number of rotatable bonds is 3. The minimum absolute atomic E-state index is 0.147. The van der Waals surface area contributed by atoms with E-state index in [9.17, 15) is 17.6 Å². The molecule has 6 rings (SSSR count). The van der Waals surface area contributed by atoms with Gasteiger partial charge >= 0.3 is 12.1 Å². The van der Waals surface area contributed by atoms with E-state index in [-0.39, 0.29) is 5.82 Å². The lowest BCUT2D eigenvalue weighted by molar-refractivity contribution is -0.192. The van der Waals surface area contributed by atoms with Crippen molar-refractivity contribution >= 4 is 34.3 Å². The minimum Gasteiger partial charge on any atom is -0.475 e. The Balaban J connectivity index is 0.000000355. The Hall–Kier alpha value is -4.59. The highest BCUT2D eigenvalue weighted by Crippen LogP contribution is 2.23. The number of alkyl halides is 3. The average Bonchev–Trinajstić information content (AvgIpc) is 3.46. The number of carboxylic acids is 1. The van der Waals surface area contributed by atoms with Crippen LogP contribution in [0.2, 0.25) is 0 Å². The van der Waals surface area contributed by atoms with Gasteiger partial charge in [-0.1, -0.05) is 12.1 Å². The topological polar surface area (TPSA) is 122 Å². The van der Waals surface area contributed by atoms with Gasteiger partial charge in [-0.05, 0) is 24.3 Å². The van der Waals surface area contributed by atoms with Gasteiger partial charge in [0.1, 0.15) is 12.0 Å². The molecule has 10 nitrogen and oxygen atoms in total. The highest BCUT2D eigenvalue weighted by atomic mass is 19.4. The van der Waals surface area contributed by atoms with Crippen molar-refractivity contribution in [3.05, 3.63) is 72.3 Å². The number of anilines is 2. The molecule has 0 fully saturated rings. The first-order valence-electron chi connectivity index (χ1n) is 10.9. The van der Waals surface area contributed by atoms with Crippen LogP contribution in [0.25, 0.3) is 22.5 Å². The molecule has 0 aliphatic carbocycles. The highest BCUT2D eigenvalue weighted by molar-refractivity contribution is 5.77. The summed E-state index contributed by atoms with van der Waals surface area (Å²) in [5.41, 5.74) is 5.54. The number of carboxylic acid groups (broad SMARTS) is 1. The number of pyridine rings is 1. The van der Waals surface area contributed by atoms with Crippen LogP contribution in [-0.2, 0) is 17.8 Å². The van der Waals surface area contributed by atoms with Crippen molar-refractivity contribution in [3.63, 3.8) is 0 Å². The predicted molar refractivity (Wildman–Crippen MR) is 124 cm³/mol. The summed E-state index contributed by atoms with van der Waals surface area (Å²) in [6.07, 6.45) is 0.552. The molecule has 14 heteroatoms. The van der Waals surface area contributed by atoms with E-state index in [0.717, 1.165) is 47.6 Å². The second-order valence-corrected chi connectivity index (χ2v) is 7.97. The summed E-state index contributed by atoms with van der Waals surface area (Å²) in [5, 5.41) is 13.6. The zero-order valence-electron chi connectivity index (χ0n) is 18.9. The Morgan fingerprint density at radius 2 is 1.89 bits per heavy atom. The summed E-state index contributed by atoms with van der Waals surface area (Å²) in [7, 11) is 0. The number of hydrogen-bond acceptors (Lipinski definition) is 7. The first kappa shape index (κ1) is 24.1. The average molecular weight is 514 g/mol. The number of nitrogens with one attached hydrogen (secondary N) is 2. The molecule has 0 spiro atoms. The molecule has 37 heavy (non-hydrogen) atoms. The zero-order chi connectivity index (χ0) is 26.2. The van der Waals surface area contributed by atoms with Crippen LogP contribution < -0.4 is 10.6 Å². The van der Waals surface area contributed by atoms with E-state index in [4.69, 9.17) is 9.90 Å². The number of carbonyl (C=O) groups is 1. The van der Waals surface area contributed by atoms with Gasteiger partial charge in [0, 0.05) is 31.4 Å². The number of hydrogen-bond donors (Lipinski definition) is 3. The zero-order valence-corrected chi connectivity index (χ0v) is 18.9. The summed E-state index contributed by atoms with van der Waals surface area (Å²) in [6.45, 7) is 1.71. The number of fused-ring (bicyclic) bond motifs is 4. The minimum atomic E-state index is -5.08. The van der Waals surface area contributed by atoms with E-state index in [1.54, 1.807) is 10.9 Å². The second-order valence-electron chi connectivity index (χ2n) is 7.97. The van der Waals surface area contributed by atoms with Crippen LogP contribution in [0.3, 0.4) is 0 Å². The van der Waals surface area contributed by atoms with Gasteiger partial charge in [0.25, 0.3) is 0 Å². The lowest BCUT2D eigenvalue weighted by atomic mass is 10.2. The van der Waals surface area contributed by atoms with Crippen molar-refractivity contribution < 1.29 is 27.5 Å². The quantitative estimate of drug-likeness (QED) is 0.312. The molecule has 0 radical (unpaired) electrons. The van der Waals surface area contributed by atoms with Crippen LogP contribution in [0.1, 0.15) is 11.4 Å². The highest BCUT2D eigenvalue weighted by Gasteiger charge is 2.38. The summed E-state index contributed by atoms with van der Waals surface area (Å²) < 4.78 is 50.0. The predicted octanol–water partition coefficient (Wildman–Crippen LogP) is 3.62. The van der Waals surface area contributed by atoms with Crippen LogP contribution in [0.15, 0.2) is 55.1 Å². The standard InChI is InChI=1S/C21H17FN8.C2HF3O2/c22-14-9-24-21(28-20(14)30-12-25-15-3-1-2-4-17(15)30)26-13-5-6-19-27-16-10-23-8-7-18(16)29(19)11-13;3-2(4,5)1(6)7/h1-6,9,11-12,23H,7-8,10H2,(H,24,26,28);(H,6,7). The van der Waals surface area contributed by atoms with Gasteiger partial charge in [0.05, 0.1) is 28.6 Å². The summed E-state index contributed by atoms with van der Waals surface area (Å²) in [4.78, 5) is 26.4. The molecule has 190 valence electrons. The summed E-state index contributed by atoms with van der Waals surface area (Å²) >= 11 is 0. The van der Waals surface area contributed by atoms with E-state index in [1.165, 1.54) is 11.9 Å². The molecule has 0 saturated heterocycles. The smallest absolute Gasteiger partial charge is 0.475 e. The van der Waals surface area contributed by atoms with Crippen molar-refractivity contribution in [2.24, 2.45) is 0 Å². The maximum absolute atomic E-state index is 14.5. The fourth-order valence-corrected chi connectivity index (χ4v) is 3.88. The number of para-hydroxylation sites is 2. The largest absolute Gasteiger partial charge is 0.490 e. The molecule has 0 saturated carbocycles. The molecule has 1 aromatic carbocycles. The second kappa shape index (κ2) is 9.46. The van der Waals surface area contributed by atoms with Crippen LogP contribution in [0.5, 0.6) is 0 Å². The molecule has 0 amide bonds. The van der Waals surface area contributed by atoms with Gasteiger partial charge < -0.3 is 20.1 Å². The molecule has 0 bridgehead atoms. The van der Waals surface area contributed by atoms with Crippen molar-refractivity contribution in [2.45, 2.75) is 19.1 Å². The lowest BCUT2D eigenvalue weighted by Crippen LogP contribution is -2.24. The third-order valence-electron chi connectivity index (χ3n) is 5.54.